The van der Waals surface area contributed by atoms with Gasteiger partial charge in [0.05, 0.1) is 19.1 Å². The molecule has 19 heavy (non-hydrogen) atoms. The summed E-state index contributed by atoms with van der Waals surface area (Å²) in [4.78, 5) is 4.54. The molecular formula is C14H24IN3O. The molecule has 0 aliphatic heterocycles. The average Bonchev–Trinajstić information content (AvgIpc) is 2.77. The Kier molecular flexibility index (Phi) is 6.16. The predicted molar refractivity (Wildman–Crippen MR) is 88.8 cm³/mol. The van der Waals surface area contributed by atoms with Gasteiger partial charge >= 0.3 is 0 Å². The van der Waals surface area contributed by atoms with E-state index in [0.29, 0.717) is 12.0 Å². The first-order valence-corrected chi connectivity index (χ1v) is 6.65. The van der Waals surface area contributed by atoms with Crippen molar-refractivity contribution in [1.29, 1.82) is 0 Å². The first-order chi connectivity index (χ1) is 8.62. The van der Waals surface area contributed by atoms with Crippen LogP contribution in [0.2, 0.25) is 0 Å². The van der Waals surface area contributed by atoms with E-state index in [0.717, 1.165) is 30.5 Å². The molecule has 5 heteroatoms. The Labute approximate surface area is 132 Å². The van der Waals surface area contributed by atoms with Crippen LogP contribution in [0.4, 0.5) is 0 Å². The van der Waals surface area contributed by atoms with Gasteiger partial charge in [0.1, 0.15) is 0 Å². The van der Waals surface area contributed by atoms with Crippen molar-refractivity contribution in [2.45, 2.75) is 33.7 Å². The summed E-state index contributed by atoms with van der Waals surface area (Å²) in [7, 11) is 0. The fraction of sp³-hybridized carbons (Fsp3) is 0.643. The average molecular weight is 377 g/mol. The van der Waals surface area contributed by atoms with Gasteiger partial charge in [0.25, 0.3) is 0 Å². The van der Waals surface area contributed by atoms with Crippen LogP contribution in [0.3, 0.4) is 0 Å². The maximum atomic E-state index is 5.03. The van der Waals surface area contributed by atoms with Gasteiger partial charge in [0.2, 0.25) is 0 Å². The summed E-state index contributed by atoms with van der Waals surface area (Å²) in [5, 5.41) is 6.67. The SMILES string of the molecule is CCNC(=NCc1ccoc1)NCC1CC1(C)C.I. The molecule has 1 aliphatic rings. The molecule has 1 aromatic heterocycles. The maximum Gasteiger partial charge on any atom is 0.191 e. The highest BCUT2D eigenvalue weighted by Gasteiger charge is 2.45. The zero-order chi connectivity index (χ0) is 13.0. The lowest BCUT2D eigenvalue weighted by molar-refractivity contribution is 0.548. The Morgan fingerprint density at radius 2 is 2.21 bits per heavy atom. The molecule has 2 N–H and O–H groups in total. The number of hydrogen-bond donors (Lipinski definition) is 2. The summed E-state index contributed by atoms with van der Waals surface area (Å²) in [5.41, 5.74) is 1.61. The largest absolute Gasteiger partial charge is 0.472 e. The highest BCUT2D eigenvalue weighted by Crippen LogP contribution is 2.50. The molecule has 0 radical (unpaired) electrons. The Morgan fingerprint density at radius 1 is 1.47 bits per heavy atom. The van der Waals surface area contributed by atoms with Crippen LogP contribution in [0.1, 0.15) is 32.8 Å². The van der Waals surface area contributed by atoms with Crippen LogP contribution in [0, 0.1) is 11.3 Å². The third-order valence-corrected chi connectivity index (χ3v) is 3.58. The van der Waals surface area contributed by atoms with Crippen molar-refractivity contribution in [3.8, 4) is 0 Å². The normalized spacial score (nSPS) is 20.6. The van der Waals surface area contributed by atoms with Gasteiger partial charge in [-0.25, -0.2) is 4.99 Å². The summed E-state index contributed by atoms with van der Waals surface area (Å²) in [5.74, 6) is 1.66. The van der Waals surface area contributed by atoms with Gasteiger partial charge in [-0.1, -0.05) is 13.8 Å². The number of nitrogens with one attached hydrogen (secondary N) is 2. The van der Waals surface area contributed by atoms with Crippen LogP contribution in [0.15, 0.2) is 28.0 Å². The van der Waals surface area contributed by atoms with Crippen LogP contribution in [0.5, 0.6) is 0 Å². The van der Waals surface area contributed by atoms with Crippen LogP contribution in [-0.2, 0) is 6.54 Å². The van der Waals surface area contributed by atoms with Gasteiger partial charge in [-0.2, -0.15) is 0 Å². The van der Waals surface area contributed by atoms with Crippen molar-refractivity contribution >= 4 is 29.9 Å². The molecule has 0 saturated heterocycles. The lowest BCUT2D eigenvalue weighted by Gasteiger charge is -2.11. The van der Waals surface area contributed by atoms with Gasteiger partial charge < -0.3 is 15.1 Å². The quantitative estimate of drug-likeness (QED) is 0.471. The van der Waals surface area contributed by atoms with E-state index >= 15 is 0 Å². The topological polar surface area (TPSA) is 49.6 Å². The first kappa shape index (κ1) is 16.3. The van der Waals surface area contributed by atoms with Crippen LogP contribution < -0.4 is 10.6 Å². The van der Waals surface area contributed by atoms with Crippen LogP contribution in [0.25, 0.3) is 0 Å². The third-order valence-electron chi connectivity index (χ3n) is 3.58. The molecule has 1 saturated carbocycles. The molecule has 0 aromatic carbocycles. The third kappa shape index (κ3) is 5.04. The van der Waals surface area contributed by atoms with Crippen LogP contribution in [-0.4, -0.2) is 19.0 Å². The number of rotatable bonds is 5. The minimum absolute atomic E-state index is 0. The highest BCUT2D eigenvalue weighted by atomic mass is 127. The standard InChI is InChI=1S/C14H23N3O.HI/c1-4-15-13(16-8-11-5-6-18-10-11)17-9-12-7-14(12,2)3;/h5-6,10,12H,4,7-9H2,1-3H3,(H2,15,16,17);1H. The zero-order valence-electron chi connectivity index (χ0n) is 11.9. The summed E-state index contributed by atoms with van der Waals surface area (Å²) in [6.45, 7) is 9.25. The van der Waals surface area contributed by atoms with E-state index in [-0.39, 0.29) is 24.0 Å². The van der Waals surface area contributed by atoms with Crippen molar-refractivity contribution in [3.05, 3.63) is 24.2 Å². The van der Waals surface area contributed by atoms with E-state index in [4.69, 9.17) is 4.42 Å². The van der Waals surface area contributed by atoms with E-state index in [1.807, 2.05) is 6.07 Å². The Hall–Kier alpha value is -0.720. The van der Waals surface area contributed by atoms with Crippen molar-refractivity contribution in [1.82, 2.24) is 10.6 Å². The summed E-state index contributed by atoms with van der Waals surface area (Å²) < 4.78 is 5.03. The smallest absolute Gasteiger partial charge is 0.191 e. The molecule has 0 spiro atoms. The van der Waals surface area contributed by atoms with Crippen LogP contribution >= 0.6 is 24.0 Å². The molecule has 1 atom stereocenters. The minimum Gasteiger partial charge on any atom is -0.472 e. The molecule has 1 unspecified atom stereocenters. The van der Waals surface area contributed by atoms with Crippen molar-refractivity contribution < 1.29 is 4.42 Å². The van der Waals surface area contributed by atoms with E-state index in [1.54, 1.807) is 12.5 Å². The second-order valence-corrected chi connectivity index (χ2v) is 5.60. The Bertz CT molecular complexity index is 401. The monoisotopic (exact) mass is 377 g/mol. The maximum absolute atomic E-state index is 5.03. The van der Waals surface area contributed by atoms with Gasteiger partial charge in [-0.15, -0.1) is 24.0 Å². The lowest BCUT2D eigenvalue weighted by Crippen LogP contribution is -2.38. The lowest BCUT2D eigenvalue weighted by atomic mass is 10.1. The Morgan fingerprint density at radius 3 is 2.74 bits per heavy atom. The van der Waals surface area contributed by atoms with Crippen molar-refractivity contribution in [2.24, 2.45) is 16.3 Å². The van der Waals surface area contributed by atoms with Gasteiger partial charge in [-0.05, 0) is 30.7 Å². The van der Waals surface area contributed by atoms with Crippen molar-refractivity contribution in [3.63, 3.8) is 0 Å². The highest BCUT2D eigenvalue weighted by molar-refractivity contribution is 14.0. The second kappa shape index (κ2) is 7.17. The minimum atomic E-state index is 0. The molecule has 1 aliphatic carbocycles. The number of hydrogen-bond acceptors (Lipinski definition) is 2. The number of halogens is 1. The fourth-order valence-corrected chi connectivity index (χ4v) is 2.04. The second-order valence-electron chi connectivity index (χ2n) is 5.60. The molecule has 108 valence electrons. The molecule has 2 rings (SSSR count). The first-order valence-electron chi connectivity index (χ1n) is 6.65. The summed E-state index contributed by atoms with van der Waals surface area (Å²) >= 11 is 0. The van der Waals surface area contributed by atoms with Gasteiger partial charge in [-0.3, -0.25) is 0 Å². The van der Waals surface area contributed by atoms with E-state index in [2.05, 4.69) is 36.4 Å². The number of guanidine groups is 1. The van der Waals surface area contributed by atoms with E-state index in [1.165, 1.54) is 6.42 Å². The molecule has 1 fully saturated rings. The number of aliphatic imine (C=N–C) groups is 1. The molecule has 1 heterocycles. The molecule has 4 nitrogen and oxygen atoms in total. The van der Waals surface area contributed by atoms with Crippen molar-refractivity contribution in [2.75, 3.05) is 13.1 Å². The summed E-state index contributed by atoms with van der Waals surface area (Å²) in [6.07, 6.45) is 4.72. The molecule has 0 bridgehead atoms. The van der Waals surface area contributed by atoms with Gasteiger partial charge in [0.15, 0.2) is 5.96 Å². The molecule has 1 aromatic rings. The fourth-order valence-electron chi connectivity index (χ4n) is 2.04. The van der Waals surface area contributed by atoms with Gasteiger partial charge in [0, 0.05) is 18.7 Å². The molecule has 0 amide bonds. The predicted octanol–water partition coefficient (Wildman–Crippen LogP) is 3.00. The zero-order valence-corrected chi connectivity index (χ0v) is 14.2. The molecular weight excluding hydrogens is 353 g/mol. The Balaban J connectivity index is 0.00000180. The van der Waals surface area contributed by atoms with E-state index in [9.17, 15) is 0 Å². The number of nitrogens with zero attached hydrogens (tertiary/aromatic N) is 1. The summed E-state index contributed by atoms with van der Waals surface area (Å²) in [6, 6.07) is 1.94. The number of furan rings is 1. The van der Waals surface area contributed by atoms with E-state index < -0.39 is 0 Å².